The van der Waals surface area contributed by atoms with Gasteiger partial charge in [-0.25, -0.2) is 12.8 Å². The van der Waals surface area contributed by atoms with Crippen molar-refractivity contribution in [1.29, 1.82) is 0 Å². The highest BCUT2D eigenvalue weighted by molar-refractivity contribution is 7.89. The van der Waals surface area contributed by atoms with E-state index in [0.717, 1.165) is 0 Å². The topological polar surface area (TPSA) is 66.8 Å². The van der Waals surface area contributed by atoms with Crippen LogP contribution in [0.15, 0.2) is 24.3 Å². The minimum atomic E-state index is -3.54. The van der Waals surface area contributed by atoms with E-state index in [2.05, 4.69) is 0 Å². The fourth-order valence-corrected chi connectivity index (χ4v) is 4.02. The van der Waals surface area contributed by atoms with Gasteiger partial charge in [0.05, 0.1) is 24.5 Å². The van der Waals surface area contributed by atoms with Crippen LogP contribution >= 0.6 is 0 Å². The van der Waals surface area contributed by atoms with Crippen molar-refractivity contribution in [3.05, 3.63) is 35.6 Å². The highest BCUT2D eigenvalue weighted by Gasteiger charge is 2.39. The van der Waals surface area contributed by atoms with E-state index in [-0.39, 0.29) is 25.3 Å². The molecule has 5 nitrogen and oxygen atoms in total. The second-order valence-electron chi connectivity index (χ2n) is 4.84. The highest BCUT2D eigenvalue weighted by Crippen LogP contribution is 2.34. The molecule has 0 radical (unpaired) electrons. The molecule has 0 unspecified atom stereocenters. The molecule has 1 aromatic rings. The predicted octanol–water partition coefficient (Wildman–Crippen LogP) is 0.910. The molecule has 1 aliphatic heterocycles. The van der Waals surface area contributed by atoms with Gasteiger partial charge in [0, 0.05) is 13.7 Å². The standard InChI is InChI=1S/C13H18FNO4S/c1-19-5-6-20(17,18)15-9-12(16)8-13(15)10-3-2-4-11(14)7-10/h2-4,7,12-13,16H,5-6,8-9H2,1H3/t12-,13-/m0/s1. The van der Waals surface area contributed by atoms with E-state index >= 15 is 0 Å². The summed E-state index contributed by atoms with van der Waals surface area (Å²) in [6.45, 7) is 0.123. The number of nitrogens with zero attached hydrogens (tertiary/aromatic N) is 1. The number of rotatable bonds is 5. The van der Waals surface area contributed by atoms with E-state index in [1.807, 2.05) is 0 Å². The van der Waals surface area contributed by atoms with E-state index in [1.54, 1.807) is 6.07 Å². The van der Waals surface area contributed by atoms with Crippen LogP contribution in [-0.2, 0) is 14.8 Å². The molecule has 1 aromatic carbocycles. The third kappa shape index (κ3) is 3.35. The molecule has 1 fully saturated rings. The average Bonchev–Trinajstić information content (AvgIpc) is 2.79. The van der Waals surface area contributed by atoms with Crippen LogP contribution in [0.5, 0.6) is 0 Å². The first-order valence-electron chi connectivity index (χ1n) is 6.36. The van der Waals surface area contributed by atoms with Crippen LogP contribution < -0.4 is 0 Å². The van der Waals surface area contributed by atoms with Gasteiger partial charge in [-0.15, -0.1) is 0 Å². The first kappa shape index (κ1) is 15.4. The van der Waals surface area contributed by atoms with Crippen molar-refractivity contribution in [2.24, 2.45) is 0 Å². The zero-order chi connectivity index (χ0) is 14.8. The van der Waals surface area contributed by atoms with E-state index in [1.165, 1.54) is 29.6 Å². The number of ether oxygens (including phenoxy) is 1. The van der Waals surface area contributed by atoms with Crippen LogP contribution in [0.1, 0.15) is 18.0 Å². The van der Waals surface area contributed by atoms with Gasteiger partial charge >= 0.3 is 0 Å². The third-order valence-corrected chi connectivity index (χ3v) is 5.17. The second kappa shape index (κ2) is 6.17. The molecule has 0 aliphatic carbocycles. The molecule has 0 spiro atoms. The lowest BCUT2D eigenvalue weighted by Gasteiger charge is -2.24. The lowest BCUT2D eigenvalue weighted by molar-refractivity contribution is 0.188. The lowest BCUT2D eigenvalue weighted by Crippen LogP contribution is -2.34. The normalized spacial score (nSPS) is 24.1. The van der Waals surface area contributed by atoms with Crippen molar-refractivity contribution in [1.82, 2.24) is 4.31 Å². The average molecular weight is 303 g/mol. The molecular weight excluding hydrogens is 285 g/mol. The van der Waals surface area contributed by atoms with Crippen molar-refractivity contribution in [3.63, 3.8) is 0 Å². The maximum atomic E-state index is 13.3. The number of β-amino-alcohol motifs (C(OH)–C–C–N with tert-alkyl or cyclic N) is 1. The van der Waals surface area contributed by atoms with Crippen LogP contribution in [0.3, 0.4) is 0 Å². The second-order valence-corrected chi connectivity index (χ2v) is 6.88. The fraction of sp³-hybridized carbons (Fsp3) is 0.538. The minimum Gasteiger partial charge on any atom is -0.392 e. The Morgan fingerprint density at radius 2 is 2.25 bits per heavy atom. The smallest absolute Gasteiger partial charge is 0.217 e. The summed E-state index contributed by atoms with van der Waals surface area (Å²) in [5.74, 6) is -0.569. The molecular formula is C13H18FNO4S. The Morgan fingerprint density at radius 3 is 2.90 bits per heavy atom. The first-order chi connectivity index (χ1) is 9.44. The molecule has 1 heterocycles. The molecule has 0 aromatic heterocycles. The van der Waals surface area contributed by atoms with Gasteiger partial charge in [0.15, 0.2) is 0 Å². The molecule has 1 N–H and O–H groups in total. The van der Waals surface area contributed by atoms with E-state index in [4.69, 9.17) is 4.74 Å². The Kier molecular flexibility index (Phi) is 4.74. The Morgan fingerprint density at radius 1 is 1.50 bits per heavy atom. The minimum absolute atomic E-state index is 0.0349. The summed E-state index contributed by atoms with van der Waals surface area (Å²) in [5, 5.41) is 9.76. The van der Waals surface area contributed by atoms with E-state index < -0.39 is 28.0 Å². The molecule has 7 heteroatoms. The first-order valence-corrected chi connectivity index (χ1v) is 7.97. The Labute approximate surface area is 118 Å². The van der Waals surface area contributed by atoms with Gasteiger partial charge in [-0.05, 0) is 24.1 Å². The zero-order valence-electron chi connectivity index (χ0n) is 11.2. The fourth-order valence-electron chi connectivity index (χ4n) is 2.41. The zero-order valence-corrected chi connectivity index (χ0v) is 12.0. The molecule has 2 atom stereocenters. The van der Waals surface area contributed by atoms with Gasteiger partial charge in [0.25, 0.3) is 0 Å². The van der Waals surface area contributed by atoms with Crippen molar-refractivity contribution in [2.75, 3.05) is 26.0 Å². The number of benzene rings is 1. The van der Waals surface area contributed by atoms with Crippen LogP contribution in [0.4, 0.5) is 4.39 Å². The Bertz CT molecular complexity index is 563. The monoisotopic (exact) mass is 303 g/mol. The van der Waals surface area contributed by atoms with Gasteiger partial charge in [-0.3, -0.25) is 0 Å². The number of aliphatic hydroxyl groups excluding tert-OH is 1. The molecule has 20 heavy (non-hydrogen) atoms. The highest BCUT2D eigenvalue weighted by atomic mass is 32.2. The maximum Gasteiger partial charge on any atom is 0.217 e. The van der Waals surface area contributed by atoms with Crippen molar-refractivity contribution >= 4 is 10.0 Å². The molecule has 112 valence electrons. The number of sulfonamides is 1. The summed E-state index contributed by atoms with van der Waals surface area (Å²) >= 11 is 0. The van der Waals surface area contributed by atoms with Crippen LogP contribution in [0.2, 0.25) is 0 Å². The van der Waals surface area contributed by atoms with Gasteiger partial charge in [-0.2, -0.15) is 4.31 Å². The third-order valence-electron chi connectivity index (χ3n) is 3.37. The molecule has 1 saturated heterocycles. The Hall–Kier alpha value is -1.02. The summed E-state index contributed by atoms with van der Waals surface area (Å²) in [6.07, 6.45) is -0.462. The maximum absolute atomic E-state index is 13.3. The van der Waals surface area contributed by atoms with Gasteiger partial charge in [0.2, 0.25) is 10.0 Å². The molecule has 0 amide bonds. The number of hydrogen-bond acceptors (Lipinski definition) is 4. The van der Waals surface area contributed by atoms with Crippen molar-refractivity contribution < 1.29 is 22.7 Å². The number of hydrogen-bond donors (Lipinski definition) is 1. The van der Waals surface area contributed by atoms with Crippen LogP contribution in [0.25, 0.3) is 0 Å². The molecule has 1 aliphatic rings. The quantitative estimate of drug-likeness (QED) is 0.878. The summed E-state index contributed by atoms with van der Waals surface area (Å²) in [6, 6.07) is 5.29. The van der Waals surface area contributed by atoms with Gasteiger partial charge in [-0.1, -0.05) is 12.1 Å². The van der Waals surface area contributed by atoms with Gasteiger partial charge in [0.1, 0.15) is 5.82 Å². The SMILES string of the molecule is COCCS(=O)(=O)N1C[C@@H](O)C[C@H]1c1cccc(F)c1. The largest absolute Gasteiger partial charge is 0.392 e. The number of halogens is 1. The van der Waals surface area contributed by atoms with Crippen molar-refractivity contribution in [3.8, 4) is 0 Å². The van der Waals surface area contributed by atoms with Crippen LogP contribution in [-0.4, -0.2) is 49.9 Å². The Balaban J connectivity index is 2.27. The summed E-state index contributed by atoms with van der Waals surface area (Å²) < 4.78 is 43.8. The van der Waals surface area contributed by atoms with E-state index in [9.17, 15) is 17.9 Å². The molecule has 0 bridgehead atoms. The summed E-state index contributed by atoms with van der Waals surface area (Å²) in [5.41, 5.74) is 0.558. The number of aliphatic hydroxyl groups is 1. The van der Waals surface area contributed by atoms with Crippen LogP contribution in [0, 0.1) is 5.82 Å². The van der Waals surface area contributed by atoms with Crippen molar-refractivity contribution in [2.45, 2.75) is 18.6 Å². The summed E-state index contributed by atoms with van der Waals surface area (Å²) in [7, 11) is -2.11. The number of methoxy groups -OCH3 is 1. The molecule has 0 saturated carbocycles. The summed E-state index contributed by atoms with van der Waals surface area (Å²) in [4.78, 5) is 0. The lowest BCUT2D eigenvalue weighted by atomic mass is 10.0. The predicted molar refractivity (Wildman–Crippen MR) is 72.1 cm³/mol. The molecule has 2 rings (SSSR count). The van der Waals surface area contributed by atoms with Gasteiger partial charge < -0.3 is 9.84 Å². The van der Waals surface area contributed by atoms with E-state index in [0.29, 0.717) is 5.56 Å².